The van der Waals surface area contributed by atoms with E-state index in [0.717, 1.165) is 12.8 Å². The molecule has 6 rings (SSSR count). The third kappa shape index (κ3) is 7.04. The lowest BCUT2D eigenvalue weighted by atomic mass is 9.53. The van der Waals surface area contributed by atoms with E-state index in [-0.39, 0.29) is 40.2 Å². The number of nitrogens with zero attached hydrogens (tertiary/aromatic N) is 1. The molecule has 2 aromatic rings. The van der Waals surface area contributed by atoms with E-state index in [9.17, 15) is 22.8 Å². The molecule has 0 radical (unpaired) electrons. The summed E-state index contributed by atoms with van der Waals surface area (Å²) in [6.45, 7) is 4.49. The Bertz CT molecular complexity index is 1690. The number of pyridine rings is 1. The Morgan fingerprint density at radius 1 is 1.15 bits per heavy atom. The zero-order valence-electron chi connectivity index (χ0n) is 26.6. The summed E-state index contributed by atoms with van der Waals surface area (Å²) < 4.78 is 47.4. The molecule has 8 N–H and O–H groups in total. The predicted molar refractivity (Wildman–Crippen MR) is 177 cm³/mol. The predicted octanol–water partition coefficient (Wildman–Crippen LogP) is 2.64. The van der Waals surface area contributed by atoms with Gasteiger partial charge in [0.1, 0.15) is 11.5 Å². The molecule has 2 spiro atoms. The van der Waals surface area contributed by atoms with Crippen LogP contribution in [0.4, 0.5) is 10.1 Å². The second-order valence-electron chi connectivity index (χ2n) is 13.5. The maximum absolute atomic E-state index is 16.0. The van der Waals surface area contributed by atoms with E-state index >= 15 is 4.39 Å². The van der Waals surface area contributed by atoms with Gasteiger partial charge in [-0.25, -0.2) is 9.37 Å². The van der Waals surface area contributed by atoms with Crippen LogP contribution in [0.3, 0.4) is 0 Å². The Morgan fingerprint density at radius 3 is 2.38 bits per heavy atom. The number of hydrogen-bond acceptors (Lipinski definition) is 8. The van der Waals surface area contributed by atoms with Crippen molar-refractivity contribution >= 4 is 56.7 Å². The number of anilines is 1. The van der Waals surface area contributed by atoms with Crippen LogP contribution >= 0.6 is 23.2 Å². The van der Waals surface area contributed by atoms with Gasteiger partial charge in [0.05, 0.1) is 24.9 Å². The number of rotatable bonds is 4. The third-order valence-corrected chi connectivity index (χ3v) is 10.4. The lowest BCUT2D eigenvalue weighted by molar-refractivity contribution is -0.134. The van der Waals surface area contributed by atoms with Gasteiger partial charge in [-0.15, -0.1) is 0 Å². The average molecular weight is 733 g/mol. The van der Waals surface area contributed by atoms with Gasteiger partial charge >= 0.3 is 0 Å². The smallest absolute Gasteiger partial charge is 0.261 e. The zero-order valence-corrected chi connectivity index (χ0v) is 28.9. The molecule has 264 valence electrons. The van der Waals surface area contributed by atoms with Crippen LogP contribution in [0, 0.1) is 11.2 Å². The van der Waals surface area contributed by atoms with Crippen molar-refractivity contribution in [3.8, 4) is 0 Å². The number of ether oxygens (including phenoxy) is 1. The number of fused-ring (bicyclic) bond motifs is 3. The molecule has 4 heterocycles. The second kappa shape index (κ2) is 13.8. The SMILES string of the molecule is CC1(C)CCC2(CC1)N[C@@H](C(=O)N[C@@H]1CC[C@@H](C(N)=O)OC1)[C@H](c1ccnc(Cl)c1F)[C@]21C(=O)Nc2cc(Cl)ccc21.CS(=O)(=O)O.O. The van der Waals surface area contributed by atoms with Gasteiger partial charge in [0, 0.05) is 28.4 Å². The third-order valence-electron chi connectivity index (χ3n) is 9.89. The van der Waals surface area contributed by atoms with E-state index < -0.39 is 56.8 Å². The number of amides is 3. The quantitative estimate of drug-likeness (QED) is 0.230. The lowest BCUT2D eigenvalue weighted by Gasteiger charge is -2.50. The van der Waals surface area contributed by atoms with Crippen molar-refractivity contribution in [2.45, 2.75) is 87.4 Å². The van der Waals surface area contributed by atoms with Gasteiger partial charge in [0.2, 0.25) is 17.7 Å². The first-order chi connectivity index (χ1) is 21.9. The van der Waals surface area contributed by atoms with Crippen LogP contribution in [-0.2, 0) is 34.7 Å². The molecule has 1 aromatic heterocycles. The molecule has 1 saturated carbocycles. The van der Waals surface area contributed by atoms with Crippen molar-refractivity contribution in [1.29, 1.82) is 0 Å². The van der Waals surface area contributed by atoms with E-state index in [0.29, 0.717) is 48.2 Å². The van der Waals surface area contributed by atoms with E-state index in [2.05, 4.69) is 34.8 Å². The van der Waals surface area contributed by atoms with Gasteiger partial charge in [-0.05, 0) is 73.3 Å². The van der Waals surface area contributed by atoms with Gasteiger partial charge in [-0.1, -0.05) is 43.1 Å². The summed E-state index contributed by atoms with van der Waals surface area (Å²) in [4.78, 5) is 44.2. The first-order valence-corrected chi connectivity index (χ1v) is 17.8. The molecule has 5 atom stereocenters. The van der Waals surface area contributed by atoms with Crippen molar-refractivity contribution in [2.75, 3.05) is 18.2 Å². The van der Waals surface area contributed by atoms with Crippen LogP contribution in [0.25, 0.3) is 0 Å². The summed E-state index contributed by atoms with van der Waals surface area (Å²) in [6, 6.07) is 5.34. The minimum atomic E-state index is -3.67. The fourth-order valence-corrected chi connectivity index (χ4v) is 8.05. The van der Waals surface area contributed by atoms with Gasteiger partial charge < -0.3 is 26.6 Å². The number of hydrogen-bond donors (Lipinski definition) is 5. The van der Waals surface area contributed by atoms with E-state index in [1.165, 1.54) is 12.3 Å². The number of halogens is 3. The Balaban J connectivity index is 0.000000808. The van der Waals surface area contributed by atoms with Crippen molar-refractivity contribution in [3.05, 3.63) is 57.6 Å². The maximum Gasteiger partial charge on any atom is 0.261 e. The highest BCUT2D eigenvalue weighted by atomic mass is 35.5. The maximum atomic E-state index is 16.0. The summed E-state index contributed by atoms with van der Waals surface area (Å²) in [6.07, 6.45) is 5.03. The van der Waals surface area contributed by atoms with Crippen LogP contribution in [-0.4, -0.2) is 77.7 Å². The first kappa shape index (κ1) is 37.9. The topological polar surface area (TPSA) is 221 Å². The fourth-order valence-electron chi connectivity index (χ4n) is 7.71. The summed E-state index contributed by atoms with van der Waals surface area (Å²) in [7, 11) is -3.67. The molecule has 3 fully saturated rings. The van der Waals surface area contributed by atoms with Crippen LogP contribution in [0.5, 0.6) is 0 Å². The molecule has 2 saturated heterocycles. The van der Waals surface area contributed by atoms with Gasteiger partial charge in [-0.3, -0.25) is 24.3 Å². The van der Waals surface area contributed by atoms with E-state index in [1.54, 1.807) is 12.1 Å². The molecule has 0 unspecified atom stereocenters. The molecule has 13 nitrogen and oxygen atoms in total. The number of nitrogens with two attached hydrogens (primary N) is 1. The monoisotopic (exact) mass is 731 g/mol. The van der Waals surface area contributed by atoms with E-state index in [1.807, 2.05) is 6.07 Å². The summed E-state index contributed by atoms with van der Waals surface area (Å²) in [5.41, 5.74) is 4.54. The number of aromatic nitrogens is 1. The molecule has 1 aliphatic carbocycles. The Labute approximate surface area is 287 Å². The van der Waals surface area contributed by atoms with Gasteiger partial charge in [0.25, 0.3) is 10.1 Å². The minimum absolute atomic E-state index is 0. The molecule has 48 heavy (non-hydrogen) atoms. The molecule has 3 aliphatic heterocycles. The number of benzene rings is 1. The zero-order chi connectivity index (χ0) is 34.5. The number of primary amides is 1. The van der Waals surface area contributed by atoms with Crippen molar-refractivity contribution in [1.82, 2.24) is 15.6 Å². The Morgan fingerprint density at radius 2 is 1.79 bits per heavy atom. The molecular formula is C31H40Cl2FN5O8S. The molecule has 1 aromatic carbocycles. The van der Waals surface area contributed by atoms with Crippen LogP contribution in [0.15, 0.2) is 30.5 Å². The highest BCUT2D eigenvalue weighted by molar-refractivity contribution is 7.85. The number of nitrogens with one attached hydrogen (secondary N) is 3. The van der Waals surface area contributed by atoms with Gasteiger partial charge in [0.15, 0.2) is 11.0 Å². The summed E-state index contributed by atoms with van der Waals surface area (Å²) in [5, 5.41) is 9.81. The van der Waals surface area contributed by atoms with E-state index in [4.69, 9.17) is 38.2 Å². The minimum Gasteiger partial charge on any atom is -0.412 e. The Kier molecular flexibility index (Phi) is 10.9. The largest absolute Gasteiger partial charge is 0.412 e. The first-order valence-electron chi connectivity index (χ1n) is 15.2. The second-order valence-corrected chi connectivity index (χ2v) is 15.8. The average Bonchev–Trinajstić information content (AvgIpc) is 3.43. The summed E-state index contributed by atoms with van der Waals surface area (Å²) in [5.74, 6) is -2.99. The fraction of sp³-hybridized carbons (Fsp3) is 0.548. The highest BCUT2D eigenvalue weighted by Crippen LogP contribution is 2.64. The number of carbonyl (C=O) groups is 3. The van der Waals surface area contributed by atoms with Crippen LogP contribution in [0.1, 0.15) is 69.4 Å². The van der Waals surface area contributed by atoms with Crippen LogP contribution in [0.2, 0.25) is 10.2 Å². The standard InChI is InChI=1S/C30H34Cl2FN5O4.CH4O3S.H2O/c1-28(2)8-10-29(11-9-28)30(18-5-3-15(31)13-19(18)37-27(30)41)21(17-7-12-35-24(32)22(17)33)23(38-29)26(40)36-16-4-6-20(25(34)39)42-14-16;1-5(2,3)4;/h3,5,7,12-13,16,20-21,23,38H,4,6,8-11,14H2,1-2H3,(H2,34,39)(H,36,40)(H,37,41);1H3,(H,2,3,4);1H2/t16-,20+,21+,23-,30-;;/m1../s1. The normalized spacial score (nSPS) is 28.4. The molecule has 17 heteroatoms. The molecule has 0 bridgehead atoms. The van der Waals surface area contributed by atoms with Crippen molar-refractivity contribution in [2.24, 2.45) is 11.1 Å². The molecule has 3 amide bonds. The van der Waals surface area contributed by atoms with Crippen molar-refractivity contribution in [3.63, 3.8) is 0 Å². The Hall–Kier alpha value is -2.92. The van der Waals surface area contributed by atoms with Crippen molar-refractivity contribution < 1.29 is 42.0 Å². The van der Waals surface area contributed by atoms with Gasteiger partial charge in [-0.2, -0.15) is 8.42 Å². The summed E-state index contributed by atoms with van der Waals surface area (Å²) >= 11 is 12.5. The molecular weight excluding hydrogens is 692 g/mol. The number of carbonyl (C=O) groups excluding carboxylic acids is 3. The highest BCUT2D eigenvalue weighted by Gasteiger charge is 2.73. The molecule has 4 aliphatic rings. The lowest BCUT2D eigenvalue weighted by Crippen LogP contribution is -2.61. The van der Waals surface area contributed by atoms with Crippen LogP contribution < -0.4 is 21.7 Å².